The molecular formula is C8H16N2. The largest absolute Gasteiger partial charge is 0.338 e. The van der Waals surface area contributed by atoms with Gasteiger partial charge in [-0.25, -0.2) is 4.98 Å². The summed E-state index contributed by atoms with van der Waals surface area (Å²) in [5.41, 5.74) is 0. The molecule has 0 bridgehead atoms. The third kappa shape index (κ3) is 1.59. The van der Waals surface area contributed by atoms with E-state index in [4.69, 9.17) is 0 Å². The van der Waals surface area contributed by atoms with Crippen LogP contribution in [0.5, 0.6) is 0 Å². The smallest absolute Gasteiger partial charge is 0.110 e. The zero-order valence-corrected chi connectivity index (χ0v) is 6.13. The molecule has 0 aromatic carbocycles. The van der Waals surface area contributed by atoms with Crippen LogP contribution in [0.4, 0.5) is 0 Å². The summed E-state index contributed by atoms with van der Waals surface area (Å²) >= 11 is 0. The Morgan fingerprint density at radius 3 is 2.30 bits per heavy atom. The molecule has 0 saturated carbocycles. The van der Waals surface area contributed by atoms with Crippen molar-refractivity contribution in [2.45, 2.75) is 27.2 Å². The molecule has 1 rings (SSSR count). The normalized spacial score (nSPS) is 9.60. The first-order valence-corrected chi connectivity index (χ1v) is 3.19. The molecule has 0 amide bonds. The average molecular weight is 140 g/mol. The van der Waals surface area contributed by atoms with Crippen molar-refractivity contribution in [3.63, 3.8) is 0 Å². The van der Waals surface area contributed by atoms with Crippen LogP contribution in [-0.4, -0.2) is 9.55 Å². The summed E-state index contributed by atoms with van der Waals surface area (Å²) in [6.45, 7) is 4.28. The van der Waals surface area contributed by atoms with Crippen LogP contribution in [0.2, 0.25) is 0 Å². The van der Waals surface area contributed by atoms with Gasteiger partial charge < -0.3 is 4.57 Å². The lowest BCUT2D eigenvalue weighted by atomic mass is 10.2. The monoisotopic (exact) mass is 140 g/mol. The number of hydrogen-bond donors (Lipinski definition) is 0. The third-order valence-electron chi connectivity index (χ3n) is 1.37. The molecule has 2 heteroatoms. The Balaban J connectivity index is 0.000000810. The van der Waals surface area contributed by atoms with Crippen LogP contribution in [0.1, 0.15) is 33.0 Å². The molecule has 0 unspecified atom stereocenters. The van der Waals surface area contributed by atoms with Gasteiger partial charge in [-0.05, 0) is 0 Å². The number of aromatic nitrogens is 2. The molecule has 0 fully saturated rings. The molecule has 0 aliphatic carbocycles. The molecular weight excluding hydrogens is 124 g/mol. The zero-order chi connectivity index (χ0) is 6.85. The van der Waals surface area contributed by atoms with Gasteiger partial charge in [0.2, 0.25) is 0 Å². The van der Waals surface area contributed by atoms with Crippen molar-refractivity contribution in [1.82, 2.24) is 9.55 Å². The van der Waals surface area contributed by atoms with Gasteiger partial charge in [0.15, 0.2) is 0 Å². The first kappa shape index (κ1) is 9.21. The van der Waals surface area contributed by atoms with Gasteiger partial charge in [-0.15, -0.1) is 0 Å². The van der Waals surface area contributed by atoms with Crippen molar-refractivity contribution in [1.29, 1.82) is 0 Å². The van der Waals surface area contributed by atoms with E-state index in [0.29, 0.717) is 5.92 Å². The molecule has 1 aromatic heterocycles. The van der Waals surface area contributed by atoms with Crippen LogP contribution in [-0.2, 0) is 7.05 Å². The molecule has 0 radical (unpaired) electrons. The Morgan fingerprint density at radius 1 is 1.50 bits per heavy atom. The third-order valence-corrected chi connectivity index (χ3v) is 1.37. The van der Waals surface area contributed by atoms with Gasteiger partial charge in [-0.1, -0.05) is 21.3 Å². The second kappa shape index (κ2) is 3.40. The molecule has 0 N–H and O–H groups in total. The number of rotatable bonds is 1. The van der Waals surface area contributed by atoms with Gasteiger partial charge in [0.1, 0.15) is 5.82 Å². The van der Waals surface area contributed by atoms with E-state index in [2.05, 4.69) is 18.8 Å². The lowest BCUT2D eigenvalue weighted by molar-refractivity contribution is 0.711. The molecule has 0 aliphatic rings. The molecule has 0 saturated heterocycles. The number of aryl methyl sites for hydroxylation is 1. The Kier molecular flexibility index (Phi) is 3.13. The second-order valence-corrected chi connectivity index (χ2v) is 2.55. The van der Waals surface area contributed by atoms with E-state index in [0.717, 1.165) is 5.82 Å². The van der Waals surface area contributed by atoms with E-state index >= 15 is 0 Å². The summed E-state index contributed by atoms with van der Waals surface area (Å²) < 4.78 is 2.05. The van der Waals surface area contributed by atoms with Crippen LogP contribution >= 0.6 is 0 Å². The van der Waals surface area contributed by atoms with Gasteiger partial charge >= 0.3 is 0 Å². The highest BCUT2D eigenvalue weighted by Gasteiger charge is 2.01. The topological polar surface area (TPSA) is 17.8 Å². The molecule has 0 atom stereocenters. The van der Waals surface area contributed by atoms with E-state index in [9.17, 15) is 0 Å². The first-order chi connectivity index (χ1) is 4.22. The van der Waals surface area contributed by atoms with E-state index in [1.807, 2.05) is 24.0 Å². The zero-order valence-electron chi connectivity index (χ0n) is 6.13. The molecule has 10 heavy (non-hydrogen) atoms. The number of hydrogen-bond acceptors (Lipinski definition) is 1. The van der Waals surface area contributed by atoms with Crippen molar-refractivity contribution in [3.8, 4) is 0 Å². The van der Waals surface area contributed by atoms with Gasteiger partial charge in [-0.2, -0.15) is 0 Å². The van der Waals surface area contributed by atoms with E-state index < -0.39 is 0 Å². The van der Waals surface area contributed by atoms with Gasteiger partial charge in [0.25, 0.3) is 0 Å². The van der Waals surface area contributed by atoms with E-state index in [1.54, 1.807) is 0 Å². The minimum atomic E-state index is 0. The van der Waals surface area contributed by atoms with Gasteiger partial charge in [-0.3, -0.25) is 0 Å². The fourth-order valence-electron chi connectivity index (χ4n) is 0.933. The van der Waals surface area contributed by atoms with Crippen molar-refractivity contribution < 1.29 is 0 Å². The highest BCUT2D eigenvalue weighted by molar-refractivity contribution is 4.95. The predicted molar refractivity (Wildman–Crippen MR) is 44.0 cm³/mol. The summed E-state index contributed by atoms with van der Waals surface area (Å²) in [5, 5.41) is 0. The van der Waals surface area contributed by atoms with E-state index in [1.165, 1.54) is 0 Å². The molecule has 58 valence electrons. The molecule has 2 nitrogen and oxygen atoms in total. The highest BCUT2D eigenvalue weighted by Crippen LogP contribution is 2.08. The SMILES string of the molecule is C.CC(C)c1nccn1C. The Labute approximate surface area is 62.9 Å². The van der Waals surface area contributed by atoms with Crippen LogP contribution in [0.15, 0.2) is 12.4 Å². The van der Waals surface area contributed by atoms with Crippen LogP contribution < -0.4 is 0 Å². The van der Waals surface area contributed by atoms with Gasteiger partial charge in [0.05, 0.1) is 0 Å². The highest BCUT2D eigenvalue weighted by atomic mass is 15.0. The summed E-state index contributed by atoms with van der Waals surface area (Å²) in [6, 6.07) is 0. The molecule has 1 aromatic rings. The predicted octanol–water partition coefficient (Wildman–Crippen LogP) is 2.18. The van der Waals surface area contributed by atoms with Crippen molar-refractivity contribution >= 4 is 0 Å². The summed E-state index contributed by atoms with van der Waals surface area (Å²) in [7, 11) is 2.02. The minimum Gasteiger partial charge on any atom is -0.338 e. The molecule has 0 spiro atoms. The summed E-state index contributed by atoms with van der Waals surface area (Å²) in [4.78, 5) is 4.18. The van der Waals surface area contributed by atoms with Crippen LogP contribution in [0, 0.1) is 0 Å². The number of nitrogens with zero attached hydrogens (tertiary/aromatic N) is 2. The van der Waals surface area contributed by atoms with Gasteiger partial charge in [0, 0.05) is 25.4 Å². The maximum Gasteiger partial charge on any atom is 0.110 e. The maximum atomic E-state index is 4.18. The minimum absolute atomic E-state index is 0. The fourth-order valence-corrected chi connectivity index (χ4v) is 0.933. The standard InChI is InChI=1S/C7H12N2.CH4/c1-6(2)7-8-4-5-9(7)3;/h4-6H,1-3H3;1H4. The second-order valence-electron chi connectivity index (χ2n) is 2.55. The first-order valence-electron chi connectivity index (χ1n) is 3.19. The quantitative estimate of drug-likeness (QED) is 0.584. The van der Waals surface area contributed by atoms with Crippen molar-refractivity contribution in [2.24, 2.45) is 7.05 Å². The lowest BCUT2D eigenvalue weighted by Gasteiger charge is -2.02. The van der Waals surface area contributed by atoms with Crippen molar-refractivity contribution in [2.75, 3.05) is 0 Å². The lowest BCUT2D eigenvalue weighted by Crippen LogP contribution is -1.98. The van der Waals surface area contributed by atoms with Crippen LogP contribution in [0.25, 0.3) is 0 Å². The maximum absolute atomic E-state index is 4.18. The van der Waals surface area contributed by atoms with E-state index in [-0.39, 0.29) is 7.43 Å². The number of imidazole rings is 1. The summed E-state index contributed by atoms with van der Waals surface area (Å²) in [6.07, 6.45) is 3.80. The van der Waals surface area contributed by atoms with Crippen molar-refractivity contribution in [3.05, 3.63) is 18.2 Å². The average Bonchev–Trinajstić information content (AvgIpc) is 2.13. The molecule has 0 aliphatic heterocycles. The molecule has 1 heterocycles. The Bertz CT molecular complexity index is 189. The summed E-state index contributed by atoms with van der Waals surface area (Å²) in [5.74, 6) is 1.68. The fraction of sp³-hybridized carbons (Fsp3) is 0.625. The van der Waals surface area contributed by atoms with Crippen LogP contribution in [0.3, 0.4) is 0 Å². The Morgan fingerprint density at radius 2 is 2.10 bits per heavy atom. The Hall–Kier alpha value is -0.790.